The maximum atomic E-state index is 11.9. The van der Waals surface area contributed by atoms with Crippen molar-refractivity contribution < 1.29 is 9.90 Å². The number of aryl methyl sites for hydroxylation is 1. The van der Waals surface area contributed by atoms with Crippen LogP contribution in [0.15, 0.2) is 57.2 Å². The SMILES string of the molecule is Cc1cc2c(N=NC(=O)Cc3ccccc3)c(O)[nH]c2cc1Br. The fraction of sp³-hybridized carbons (Fsp3) is 0.118. The van der Waals surface area contributed by atoms with Crippen LogP contribution in [0.4, 0.5) is 5.69 Å². The topological polar surface area (TPSA) is 77.8 Å². The molecule has 0 aliphatic carbocycles. The lowest BCUT2D eigenvalue weighted by Gasteiger charge is -1.98. The minimum atomic E-state index is -0.362. The van der Waals surface area contributed by atoms with Gasteiger partial charge < -0.3 is 10.1 Å². The Labute approximate surface area is 141 Å². The molecule has 0 fully saturated rings. The lowest BCUT2D eigenvalue weighted by atomic mass is 10.1. The number of amides is 1. The largest absolute Gasteiger partial charge is 0.493 e. The predicted octanol–water partition coefficient (Wildman–Crippen LogP) is 4.80. The van der Waals surface area contributed by atoms with E-state index in [9.17, 15) is 9.90 Å². The highest BCUT2D eigenvalue weighted by atomic mass is 79.9. The number of hydrogen-bond acceptors (Lipinski definition) is 3. The summed E-state index contributed by atoms with van der Waals surface area (Å²) in [7, 11) is 0. The standard InChI is InChI=1S/C17H14BrN3O2/c1-10-7-12-14(9-13(10)18)19-17(23)16(12)21-20-15(22)8-11-5-3-2-4-6-11/h2-7,9,19,23H,8H2,1H3. The van der Waals surface area contributed by atoms with Gasteiger partial charge in [0.15, 0.2) is 5.69 Å². The molecule has 1 amide bonds. The number of azo groups is 1. The average molecular weight is 372 g/mol. The number of hydrogen-bond donors (Lipinski definition) is 2. The van der Waals surface area contributed by atoms with E-state index in [0.717, 1.165) is 26.5 Å². The second kappa shape index (κ2) is 6.34. The molecule has 0 bridgehead atoms. The summed E-state index contributed by atoms with van der Waals surface area (Å²) in [6, 6.07) is 13.1. The molecule has 0 aliphatic heterocycles. The number of rotatable bonds is 3. The van der Waals surface area contributed by atoms with Crippen molar-refractivity contribution in [1.29, 1.82) is 0 Å². The molecule has 1 heterocycles. The number of fused-ring (bicyclic) bond motifs is 1. The monoisotopic (exact) mass is 371 g/mol. The number of aromatic nitrogens is 1. The minimum Gasteiger partial charge on any atom is -0.493 e. The number of carbonyl (C=O) groups excluding carboxylic acids is 1. The molecule has 2 N–H and O–H groups in total. The van der Waals surface area contributed by atoms with E-state index in [1.54, 1.807) is 0 Å². The van der Waals surface area contributed by atoms with Crippen LogP contribution in [-0.2, 0) is 11.2 Å². The van der Waals surface area contributed by atoms with Crippen LogP contribution in [0.3, 0.4) is 0 Å². The third-order valence-electron chi connectivity index (χ3n) is 3.49. The number of halogens is 1. The van der Waals surface area contributed by atoms with Gasteiger partial charge in [-0.25, -0.2) is 0 Å². The quantitative estimate of drug-likeness (QED) is 0.648. The van der Waals surface area contributed by atoms with Crippen molar-refractivity contribution in [3.05, 3.63) is 58.1 Å². The first-order chi connectivity index (χ1) is 11.0. The van der Waals surface area contributed by atoms with Crippen molar-refractivity contribution in [3.8, 4) is 5.88 Å². The normalized spacial score (nSPS) is 11.4. The molecule has 0 unspecified atom stereocenters. The van der Waals surface area contributed by atoms with E-state index in [1.165, 1.54) is 0 Å². The maximum absolute atomic E-state index is 11.9. The zero-order valence-electron chi connectivity index (χ0n) is 12.4. The molecule has 23 heavy (non-hydrogen) atoms. The van der Waals surface area contributed by atoms with Crippen LogP contribution < -0.4 is 0 Å². The number of aromatic hydroxyl groups is 1. The van der Waals surface area contributed by atoms with Crippen molar-refractivity contribution in [3.63, 3.8) is 0 Å². The van der Waals surface area contributed by atoms with Gasteiger partial charge in [0.05, 0.1) is 11.9 Å². The number of carbonyl (C=O) groups is 1. The fourth-order valence-electron chi connectivity index (χ4n) is 2.31. The molecule has 0 saturated carbocycles. The Morgan fingerprint density at radius 2 is 2.00 bits per heavy atom. The smallest absolute Gasteiger partial charge is 0.269 e. The van der Waals surface area contributed by atoms with E-state index in [-0.39, 0.29) is 23.9 Å². The van der Waals surface area contributed by atoms with E-state index in [2.05, 4.69) is 31.1 Å². The third kappa shape index (κ3) is 3.32. The first kappa shape index (κ1) is 15.4. The molecular weight excluding hydrogens is 358 g/mol. The number of benzene rings is 2. The summed E-state index contributed by atoms with van der Waals surface area (Å²) in [5.41, 5.74) is 2.88. The van der Waals surface area contributed by atoms with Gasteiger partial charge in [-0.2, -0.15) is 0 Å². The van der Waals surface area contributed by atoms with Gasteiger partial charge in [0.2, 0.25) is 5.88 Å². The lowest BCUT2D eigenvalue weighted by Crippen LogP contribution is -1.97. The predicted molar refractivity (Wildman–Crippen MR) is 92.1 cm³/mol. The molecule has 5 nitrogen and oxygen atoms in total. The van der Waals surface area contributed by atoms with Crippen molar-refractivity contribution in [2.45, 2.75) is 13.3 Å². The molecule has 0 spiro atoms. The van der Waals surface area contributed by atoms with Crippen LogP contribution in [0, 0.1) is 6.92 Å². The van der Waals surface area contributed by atoms with Crippen molar-refractivity contribution in [2.75, 3.05) is 0 Å². The zero-order valence-corrected chi connectivity index (χ0v) is 14.0. The van der Waals surface area contributed by atoms with Crippen LogP contribution in [0.5, 0.6) is 5.88 Å². The van der Waals surface area contributed by atoms with Crippen LogP contribution in [0.1, 0.15) is 11.1 Å². The van der Waals surface area contributed by atoms with Crippen molar-refractivity contribution in [2.24, 2.45) is 10.2 Å². The van der Waals surface area contributed by atoms with Gasteiger partial charge in [-0.3, -0.25) is 4.79 Å². The van der Waals surface area contributed by atoms with Crippen LogP contribution in [0.2, 0.25) is 0 Å². The summed E-state index contributed by atoms with van der Waals surface area (Å²) < 4.78 is 0.926. The summed E-state index contributed by atoms with van der Waals surface area (Å²) in [6.45, 7) is 1.94. The molecule has 2 aromatic carbocycles. The highest BCUT2D eigenvalue weighted by Gasteiger charge is 2.12. The van der Waals surface area contributed by atoms with Crippen molar-refractivity contribution >= 4 is 38.4 Å². The summed E-state index contributed by atoms with van der Waals surface area (Å²) in [4.78, 5) is 14.7. The number of nitrogens with one attached hydrogen (secondary N) is 1. The summed E-state index contributed by atoms with van der Waals surface area (Å²) in [5.74, 6) is -0.465. The second-order valence-electron chi connectivity index (χ2n) is 5.23. The Morgan fingerprint density at radius 1 is 1.26 bits per heavy atom. The van der Waals surface area contributed by atoms with Gasteiger partial charge in [0.25, 0.3) is 5.91 Å². The molecule has 0 aliphatic rings. The lowest BCUT2D eigenvalue weighted by molar-refractivity contribution is -0.117. The Hall–Kier alpha value is -2.47. The van der Waals surface area contributed by atoms with E-state index < -0.39 is 0 Å². The number of nitrogens with zero attached hydrogens (tertiary/aromatic N) is 2. The number of H-pyrrole nitrogens is 1. The van der Waals surface area contributed by atoms with Crippen LogP contribution >= 0.6 is 15.9 Å². The number of aromatic amines is 1. The molecule has 6 heteroatoms. The van der Waals surface area contributed by atoms with Crippen LogP contribution in [-0.4, -0.2) is 16.0 Å². The van der Waals surface area contributed by atoms with Gasteiger partial charge in [0, 0.05) is 9.86 Å². The first-order valence-electron chi connectivity index (χ1n) is 7.04. The highest BCUT2D eigenvalue weighted by Crippen LogP contribution is 2.37. The van der Waals surface area contributed by atoms with Crippen LogP contribution in [0.25, 0.3) is 10.9 Å². The summed E-state index contributed by atoms with van der Waals surface area (Å²) in [6.07, 6.45) is 0.179. The molecule has 0 radical (unpaired) electrons. The summed E-state index contributed by atoms with van der Waals surface area (Å²) >= 11 is 3.44. The van der Waals surface area contributed by atoms with Gasteiger partial charge >= 0.3 is 0 Å². The molecule has 0 saturated heterocycles. The Morgan fingerprint density at radius 3 is 2.74 bits per heavy atom. The van der Waals surface area contributed by atoms with E-state index in [1.807, 2.05) is 49.4 Å². The molecular formula is C17H14BrN3O2. The minimum absolute atomic E-state index is 0.103. The Balaban J connectivity index is 1.87. The van der Waals surface area contributed by atoms with E-state index in [4.69, 9.17) is 0 Å². The zero-order chi connectivity index (χ0) is 16.4. The maximum Gasteiger partial charge on any atom is 0.269 e. The van der Waals surface area contributed by atoms with Gasteiger partial charge in [-0.15, -0.1) is 10.2 Å². The second-order valence-corrected chi connectivity index (χ2v) is 6.08. The van der Waals surface area contributed by atoms with Gasteiger partial charge in [0.1, 0.15) is 0 Å². The Bertz CT molecular complexity index is 901. The van der Waals surface area contributed by atoms with Gasteiger partial charge in [-0.05, 0) is 30.2 Å². The van der Waals surface area contributed by atoms with Crippen molar-refractivity contribution in [1.82, 2.24) is 4.98 Å². The molecule has 0 atom stereocenters. The third-order valence-corrected chi connectivity index (χ3v) is 4.35. The molecule has 1 aromatic heterocycles. The molecule has 3 aromatic rings. The van der Waals surface area contributed by atoms with Gasteiger partial charge in [-0.1, -0.05) is 46.3 Å². The highest BCUT2D eigenvalue weighted by molar-refractivity contribution is 9.10. The fourth-order valence-corrected chi connectivity index (χ4v) is 2.65. The summed E-state index contributed by atoms with van der Waals surface area (Å²) in [5, 5.41) is 18.4. The molecule has 116 valence electrons. The van der Waals surface area contributed by atoms with E-state index >= 15 is 0 Å². The molecule has 3 rings (SSSR count). The Kier molecular flexibility index (Phi) is 4.25. The average Bonchev–Trinajstić information content (AvgIpc) is 2.81. The van der Waals surface area contributed by atoms with E-state index in [0.29, 0.717) is 0 Å². The first-order valence-corrected chi connectivity index (χ1v) is 7.83.